The lowest BCUT2D eigenvalue weighted by Gasteiger charge is -2.32. The van der Waals surface area contributed by atoms with Crippen LogP contribution in [0.3, 0.4) is 0 Å². The van der Waals surface area contributed by atoms with Crippen molar-refractivity contribution in [2.45, 2.75) is 45.7 Å². The van der Waals surface area contributed by atoms with Crippen molar-refractivity contribution < 1.29 is 14.0 Å². The van der Waals surface area contributed by atoms with Crippen LogP contribution in [0.2, 0.25) is 0 Å². The highest BCUT2D eigenvalue weighted by atomic mass is 19.1. The zero-order valence-electron chi connectivity index (χ0n) is 15.0. The quantitative estimate of drug-likeness (QED) is 0.858. The fourth-order valence-electron chi connectivity index (χ4n) is 3.26. The summed E-state index contributed by atoms with van der Waals surface area (Å²) >= 11 is 0. The summed E-state index contributed by atoms with van der Waals surface area (Å²) in [5.74, 6) is -1.05. The molecular weight excluding hydrogens is 335 g/mol. The number of likely N-dealkylation sites (tertiary alicyclic amines) is 1. The molecule has 0 spiro atoms. The Balaban J connectivity index is 1.74. The second-order valence-electron chi connectivity index (χ2n) is 6.76. The van der Waals surface area contributed by atoms with Crippen molar-refractivity contribution in [3.8, 4) is 0 Å². The van der Waals surface area contributed by atoms with Crippen LogP contribution in [0.4, 0.5) is 10.2 Å². The van der Waals surface area contributed by atoms with E-state index in [4.69, 9.17) is 0 Å². The molecule has 1 aliphatic rings. The first-order valence-electron chi connectivity index (χ1n) is 8.84. The maximum absolute atomic E-state index is 13.4. The normalized spacial score (nSPS) is 17.2. The van der Waals surface area contributed by atoms with E-state index in [1.165, 1.54) is 12.1 Å². The van der Waals surface area contributed by atoms with Crippen LogP contribution < -0.4 is 5.32 Å². The van der Waals surface area contributed by atoms with Crippen molar-refractivity contribution in [1.82, 2.24) is 14.7 Å². The smallest absolute Gasteiger partial charge is 0.315 e. The lowest BCUT2D eigenvalue weighted by atomic mass is 10.0. The zero-order valence-corrected chi connectivity index (χ0v) is 15.0. The summed E-state index contributed by atoms with van der Waals surface area (Å²) in [5, 5.41) is 6.92. The van der Waals surface area contributed by atoms with E-state index in [1.54, 1.807) is 34.8 Å². The van der Waals surface area contributed by atoms with Gasteiger partial charge in [0.1, 0.15) is 11.6 Å². The van der Waals surface area contributed by atoms with Gasteiger partial charge in [-0.2, -0.15) is 5.10 Å². The van der Waals surface area contributed by atoms with E-state index in [-0.39, 0.29) is 11.9 Å². The lowest BCUT2D eigenvalue weighted by molar-refractivity contribution is -0.145. The van der Waals surface area contributed by atoms with Gasteiger partial charge in [0.2, 0.25) is 0 Å². The van der Waals surface area contributed by atoms with Crippen LogP contribution in [0.5, 0.6) is 0 Å². The number of hydrogen-bond acceptors (Lipinski definition) is 3. The van der Waals surface area contributed by atoms with E-state index < -0.39 is 11.8 Å². The molecule has 2 amide bonds. The van der Waals surface area contributed by atoms with Gasteiger partial charge in [0.05, 0.1) is 12.7 Å². The highest BCUT2D eigenvalue weighted by molar-refractivity contribution is 6.39. The van der Waals surface area contributed by atoms with Crippen LogP contribution in [-0.4, -0.2) is 39.1 Å². The number of aryl methyl sites for hydroxylation is 1. The lowest BCUT2D eigenvalue weighted by Crippen LogP contribution is -2.47. The van der Waals surface area contributed by atoms with Gasteiger partial charge in [-0.1, -0.05) is 12.1 Å². The first-order chi connectivity index (χ1) is 12.5. The number of nitrogens with zero attached hydrogens (tertiary/aromatic N) is 3. The number of carbonyl (C=O) groups is 2. The van der Waals surface area contributed by atoms with Crippen LogP contribution in [-0.2, 0) is 16.1 Å². The van der Waals surface area contributed by atoms with Crippen LogP contribution in [0.15, 0.2) is 30.5 Å². The molecule has 1 fully saturated rings. The predicted molar refractivity (Wildman–Crippen MR) is 96.1 cm³/mol. The highest BCUT2D eigenvalue weighted by Gasteiger charge is 2.29. The minimum atomic E-state index is -0.664. The fourth-order valence-corrected chi connectivity index (χ4v) is 3.26. The van der Waals surface area contributed by atoms with E-state index in [1.807, 2.05) is 6.92 Å². The molecule has 26 heavy (non-hydrogen) atoms. The highest BCUT2D eigenvalue weighted by Crippen LogP contribution is 2.19. The van der Waals surface area contributed by atoms with Crippen molar-refractivity contribution in [3.63, 3.8) is 0 Å². The van der Waals surface area contributed by atoms with Crippen molar-refractivity contribution in [2.75, 3.05) is 11.9 Å². The first-order valence-corrected chi connectivity index (χ1v) is 8.84. The van der Waals surface area contributed by atoms with Gasteiger partial charge in [0.15, 0.2) is 0 Å². The number of hydrogen-bond donors (Lipinski definition) is 1. The minimum Gasteiger partial charge on any atom is -0.332 e. The molecule has 1 N–H and O–H groups in total. The molecule has 7 heteroatoms. The molecular formula is C19H23FN4O2. The van der Waals surface area contributed by atoms with Gasteiger partial charge >= 0.3 is 11.8 Å². The third-order valence-corrected chi connectivity index (χ3v) is 4.73. The Morgan fingerprint density at radius 2 is 2.15 bits per heavy atom. The Morgan fingerprint density at radius 3 is 2.88 bits per heavy atom. The number of rotatable bonds is 3. The van der Waals surface area contributed by atoms with Gasteiger partial charge in [0, 0.05) is 18.2 Å². The van der Waals surface area contributed by atoms with Crippen LogP contribution in [0.25, 0.3) is 0 Å². The summed E-state index contributed by atoms with van der Waals surface area (Å²) in [5.41, 5.74) is 1.47. The molecule has 0 saturated carbocycles. The molecule has 1 saturated heterocycles. The monoisotopic (exact) mass is 358 g/mol. The molecule has 138 valence electrons. The van der Waals surface area contributed by atoms with Gasteiger partial charge < -0.3 is 10.2 Å². The maximum Gasteiger partial charge on any atom is 0.315 e. The SMILES string of the molecule is Cc1cnn(Cc2cccc(F)c2)c1NC(=O)C(=O)N1CCCCC1C. The van der Waals surface area contributed by atoms with Gasteiger partial charge in [-0.05, 0) is 50.8 Å². The molecule has 3 rings (SSSR count). The number of benzene rings is 1. The summed E-state index contributed by atoms with van der Waals surface area (Å²) in [6, 6.07) is 6.27. The van der Waals surface area contributed by atoms with Gasteiger partial charge in [-0.3, -0.25) is 9.59 Å². The van der Waals surface area contributed by atoms with Crippen LogP contribution in [0.1, 0.15) is 37.3 Å². The molecule has 1 aromatic carbocycles. The second-order valence-corrected chi connectivity index (χ2v) is 6.76. The summed E-state index contributed by atoms with van der Waals surface area (Å²) in [4.78, 5) is 26.6. The molecule has 0 aliphatic carbocycles. The average molecular weight is 358 g/mol. The molecule has 0 radical (unpaired) electrons. The van der Waals surface area contributed by atoms with Gasteiger partial charge in [0.25, 0.3) is 0 Å². The Bertz CT molecular complexity index is 818. The number of aromatic nitrogens is 2. The molecule has 1 atom stereocenters. The van der Waals surface area contributed by atoms with E-state index in [0.29, 0.717) is 18.9 Å². The summed E-state index contributed by atoms with van der Waals surface area (Å²) in [6.07, 6.45) is 4.52. The number of halogens is 1. The molecule has 1 aliphatic heterocycles. The average Bonchev–Trinajstić information content (AvgIpc) is 2.95. The molecule has 2 heterocycles. The number of anilines is 1. The molecule has 0 bridgehead atoms. The Hall–Kier alpha value is -2.70. The van der Waals surface area contributed by atoms with Crippen molar-refractivity contribution in [2.24, 2.45) is 0 Å². The fraction of sp³-hybridized carbons (Fsp3) is 0.421. The second kappa shape index (κ2) is 7.68. The van der Waals surface area contributed by atoms with Crippen molar-refractivity contribution in [3.05, 3.63) is 47.4 Å². The topological polar surface area (TPSA) is 67.2 Å². The van der Waals surface area contributed by atoms with E-state index in [9.17, 15) is 14.0 Å². The number of nitrogens with one attached hydrogen (secondary N) is 1. The van der Waals surface area contributed by atoms with Crippen LogP contribution >= 0.6 is 0 Å². The first kappa shape index (κ1) is 18.1. The summed E-state index contributed by atoms with van der Waals surface area (Å²) in [6.45, 7) is 4.67. The van der Waals surface area contributed by atoms with Gasteiger partial charge in [-0.15, -0.1) is 0 Å². The van der Waals surface area contributed by atoms with E-state index >= 15 is 0 Å². The standard InChI is InChI=1S/C19H23FN4O2/c1-13-11-21-24(12-15-7-5-8-16(20)10-15)17(13)22-18(25)19(26)23-9-4-3-6-14(23)2/h5,7-8,10-11,14H,3-4,6,9,12H2,1-2H3,(H,22,25). The number of amides is 2. The summed E-state index contributed by atoms with van der Waals surface area (Å²) < 4.78 is 14.9. The van der Waals surface area contributed by atoms with Crippen LogP contribution in [0, 0.1) is 12.7 Å². The largest absolute Gasteiger partial charge is 0.332 e. The summed E-state index contributed by atoms with van der Waals surface area (Å²) in [7, 11) is 0. The van der Waals surface area contributed by atoms with E-state index in [0.717, 1.165) is 30.4 Å². The van der Waals surface area contributed by atoms with Crippen molar-refractivity contribution in [1.29, 1.82) is 0 Å². The zero-order chi connectivity index (χ0) is 18.7. The predicted octanol–water partition coefficient (Wildman–Crippen LogP) is 2.72. The Labute approximate surface area is 152 Å². The van der Waals surface area contributed by atoms with E-state index in [2.05, 4.69) is 10.4 Å². The maximum atomic E-state index is 13.4. The molecule has 1 unspecified atom stereocenters. The minimum absolute atomic E-state index is 0.0697. The molecule has 2 aromatic rings. The van der Waals surface area contributed by atoms with Gasteiger partial charge in [-0.25, -0.2) is 9.07 Å². The Morgan fingerprint density at radius 1 is 1.35 bits per heavy atom. The number of piperidine rings is 1. The third kappa shape index (κ3) is 3.92. The molecule has 1 aromatic heterocycles. The van der Waals surface area contributed by atoms with Crippen molar-refractivity contribution >= 4 is 17.6 Å². The molecule has 6 nitrogen and oxygen atoms in total. The Kier molecular flexibility index (Phi) is 5.35. The number of carbonyl (C=O) groups excluding carboxylic acids is 2. The third-order valence-electron chi connectivity index (χ3n) is 4.73.